The van der Waals surface area contributed by atoms with Crippen LogP contribution in [0.2, 0.25) is 0 Å². The Hall–Kier alpha value is -0.630. The zero-order valence-corrected chi connectivity index (χ0v) is 5.24. The summed E-state index contributed by atoms with van der Waals surface area (Å²) < 4.78 is 0. The predicted molar refractivity (Wildman–Crippen MR) is 38.9 cm³/mol. The first-order valence-electron chi connectivity index (χ1n) is 2.49. The van der Waals surface area contributed by atoms with Gasteiger partial charge in [0.2, 0.25) is 0 Å². The zero-order valence-electron chi connectivity index (χ0n) is 4.42. The Bertz CT molecular complexity index is 147. The molecule has 0 unspecified atom stereocenters. The lowest BCUT2D eigenvalue weighted by Gasteiger charge is -2.01. The minimum atomic E-state index is 0.902. The minimum Gasteiger partial charge on any atom is -0.387 e. The molecule has 0 radical (unpaired) electrons. The summed E-state index contributed by atoms with van der Waals surface area (Å²) in [4.78, 5) is 0. The van der Waals surface area contributed by atoms with Crippen LogP contribution in [0.3, 0.4) is 0 Å². The molecule has 1 N–H and O–H groups in total. The molecule has 0 fully saturated rings. The standard InChI is InChI=1S/C6H7NS/c8-5-6-1-3-7-4-2-6/h1-3,5,7H,4H2. The number of hydrogen-bond acceptors (Lipinski definition) is 2. The molecule has 42 valence electrons. The minimum absolute atomic E-state index is 0.902. The fourth-order valence-corrected chi connectivity index (χ4v) is 0.730. The second-order valence-electron chi connectivity index (χ2n) is 1.56. The summed E-state index contributed by atoms with van der Waals surface area (Å²) in [6, 6.07) is 0. The third kappa shape index (κ3) is 1.17. The summed E-state index contributed by atoms with van der Waals surface area (Å²) in [5.74, 6) is 0. The maximum atomic E-state index is 4.70. The lowest BCUT2D eigenvalue weighted by molar-refractivity contribution is 0.968. The molecule has 0 aromatic heterocycles. The van der Waals surface area contributed by atoms with E-state index in [0.29, 0.717) is 0 Å². The molecular weight excluding hydrogens is 118 g/mol. The average Bonchev–Trinajstić information content (AvgIpc) is 1.90. The van der Waals surface area contributed by atoms with Crippen molar-refractivity contribution in [3.63, 3.8) is 0 Å². The molecule has 8 heavy (non-hydrogen) atoms. The zero-order chi connectivity index (χ0) is 5.82. The first-order valence-corrected chi connectivity index (χ1v) is 2.96. The number of dihydropyridines is 1. The number of thiocarbonyl (C=S) groups is 1. The summed E-state index contributed by atoms with van der Waals surface area (Å²) in [5.41, 5.74) is 1.12. The maximum absolute atomic E-state index is 4.70. The molecule has 0 aromatic rings. The van der Waals surface area contributed by atoms with Gasteiger partial charge in [-0.1, -0.05) is 18.3 Å². The van der Waals surface area contributed by atoms with Crippen molar-refractivity contribution in [2.45, 2.75) is 0 Å². The Labute approximate surface area is 54.1 Å². The van der Waals surface area contributed by atoms with Crippen LogP contribution in [0.4, 0.5) is 0 Å². The molecule has 1 rings (SSSR count). The lowest BCUT2D eigenvalue weighted by Crippen LogP contribution is -2.08. The topological polar surface area (TPSA) is 12.0 Å². The molecule has 0 saturated heterocycles. The van der Waals surface area contributed by atoms with E-state index in [-0.39, 0.29) is 0 Å². The summed E-state index contributed by atoms with van der Waals surface area (Å²) in [7, 11) is 0. The van der Waals surface area contributed by atoms with Crippen molar-refractivity contribution in [3.05, 3.63) is 23.9 Å². The van der Waals surface area contributed by atoms with Gasteiger partial charge in [-0.15, -0.1) is 0 Å². The van der Waals surface area contributed by atoms with E-state index in [2.05, 4.69) is 5.32 Å². The van der Waals surface area contributed by atoms with Gasteiger partial charge in [-0.2, -0.15) is 0 Å². The highest BCUT2D eigenvalue weighted by molar-refractivity contribution is 7.79. The summed E-state index contributed by atoms with van der Waals surface area (Å²) in [5, 5.41) is 4.70. The third-order valence-corrected chi connectivity index (χ3v) is 1.26. The summed E-state index contributed by atoms with van der Waals surface area (Å²) in [6.07, 6.45) is 5.90. The molecule has 0 saturated carbocycles. The SMILES string of the molecule is S=CC1=CCNC=C1. The molecule has 0 spiro atoms. The fraction of sp³-hybridized carbons (Fsp3) is 0.167. The molecule has 0 atom stereocenters. The van der Waals surface area contributed by atoms with E-state index in [4.69, 9.17) is 12.2 Å². The highest BCUT2D eigenvalue weighted by atomic mass is 32.1. The third-order valence-electron chi connectivity index (χ3n) is 0.985. The van der Waals surface area contributed by atoms with Gasteiger partial charge in [0.1, 0.15) is 0 Å². The molecule has 1 heterocycles. The van der Waals surface area contributed by atoms with Crippen molar-refractivity contribution in [3.8, 4) is 0 Å². The van der Waals surface area contributed by atoms with Crippen molar-refractivity contribution < 1.29 is 0 Å². The predicted octanol–water partition coefficient (Wildman–Crippen LogP) is 1.03. The average molecular weight is 125 g/mol. The summed E-state index contributed by atoms with van der Waals surface area (Å²) in [6.45, 7) is 0.902. The molecule has 0 aliphatic carbocycles. The lowest BCUT2D eigenvalue weighted by atomic mass is 10.2. The molecule has 0 aromatic carbocycles. The molecule has 1 aliphatic rings. The van der Waals surface area contributed by atoms with E-state index >= 15 is 0 Å². The molecule has 1 nitrogen and oxygen atoms in total. The van der Waals surface area contributed by atoms with Crippen molar-refractivity contribution in [2.24, 2.45) is 0 Å². The highest BCUT2D eigenvalue weighted by Crippen LogP contribution is 1.94. The van der Waals surface area contributed by atoms with Crippen LogP contribution in [-0.4, -0.2) is 11.9 Å². The normalized spacial score (nSPS) is 16.8. The van der Waals surface area contributed by atoms with Crippen LogP contribution in [0.1, 0.15) is 0 Å². The van der Waals surface area contributed by atoms with Crippen molar-refractivity contribution >= 4 is 17.6 Å². The largest absolute Gasteiger partial charge is 0.387 e. The molecule has 1 aliphatic heterocycles. The van der Waals surface area contributed by atoms with E-state index in [9.17, 15) is 0 Å². The van der Waals surface area contributed by atoms with Crippen LogP contribution < -0.4 is 5.32 Å². The highest BCUT2D eigenvalue weighted by Gasteiger charge is 1.87. The van der Waals surface area contributed by atoms with Crippen LogP contribution in [0.25, 0.3) is 0 Å². The smallest absolute Gasteiger partial charge is 0.0334 e. The molecule has 0 amide bonds. The van der Waals surface area contributed by atoms with Crippen molar-refractivity contribution in [1.29, 1.82) is 0 Å². The number of nitrogens with one attached hydrogen (secondary N) is 1. The molecule has 0 bridgehead atoms. The Morgan fingerprint density at radius 1 is 1.75 bits per heavy atom. The fourth-order valence-electron chi connectivity index (χ4n) is 0.555. The first kappa shape index (κ1) is 5.51. The van der Waals surface area contributed by atoms with Gasteiger partial charge in [0.05, 0.1) is 0 Å². The quantitative estimate of drug-likeness (QED) is 0.525. The van der Waals surface area contributed by atoms with Gasteiger partial charge in [-0.3, -0.25) is 0 Å². The van der Waals surface area contributed by atoms with Crippen LogP contribution >= 0.6 is 12.2 Å². The van der Waals surface area contributed by atoms with Crippen LogP contribution in [-0.2, 0) is 0 Å². The summed E-state index contributed by atoms with van der Waals surface area (Å²) >= 11 is 4.70. The maximum Gasteiger partial charge on any atom is 0.0334 e. The second-order valence-corrected chi connectivity index (χ2v) is 1.80. The van der Waals surface area contributed by atoms with E-state index in [1.807, 2.05) is 18.4 Å². The van der Waals surface area contributed by atoms with Gasteiger partial charge in [0.15, 0.2) is 0 Å². The van der Waals surface area contributed by atoms with Crippen LogP contribution in [0.15, 0.2) is 23.9 Å². The van der Waals surface area contributed by atoms with Crippen LogP contribution in [0, 0.1) is 0 Å². The van der Waals surface area contributed by atoms with Gasteiger partial charge in [-0.05, 0) is 17.8 Å². The van der Waals surface area contributed by atoms with E-state index in [1.165, 1.54) is 0 Å². The Kier molecular flexibility index (Phi) is 1.80. The van der Waals surface area contributed by atoms with Gasteiger partial charge in [0, 0.05) is 11.9 Å². The van der Waals surface area contributed by atoms with E-state index in [0.717, 1.165) is 12.1 Å². The first-order chi connectivity index (χ1) is 3.93. The second kappa shape index (κ2) is 2.62. The van der Waals surface area contributed by atoms with E-state index in [1.54, 1.807) is 5.37 Å². The van der Waals surface area contributed by atoms with Crippen molar-refractivity contribution in [1.82, 2.24) is 5.32 Å². The van der Waals surface area contributed by atoms with Crippen LogP contribution in [0.5, 0.6) is 0 Å². The van der Waals surface area contributed by atoms with E-state index < -0.39 is 0 Å². The molecule has 2 heteroatoms. The van der Waals surface area contributed by atoms with Gasteiger partial charge < -0.3 is 5.32 Å². The number of hydrogen-bond donors (Lipinski definition) is 1. The Morgan fingerprint density at radius 2 is 2.62 bits per heavy atom. The number of rotatable bonds is 1. The Balaban J connectivity index is 2.64. The number of allylic oxidation sites excluding steroid dienone is 2. The Morgan fingerprint density at radius 3 is 3.00 bits per heavy atom. The van der Waals surface area contributed by atoms with Gasteiger partial charge in [-0.25, -0.2) is 0 Å². The van der Waals surface area contributed by atoms with Gasteiger partial charge in [0.25, 0.3) is 0 Å². The molecular formula is C6H7NS. The monoisotopic (exact) mass is 125 g/mol. The van der Waals surface area contributed by atoms with Gasteiger partial charge >= 0.3 is 0 Å². The van der Waals surface area contributed by atoms with Crippen molar-refractivity contribution in [2.75, 3.05) is 6.54 Å².